The van der Waals surface area contributed by atoms with Gasteiger partial charge in [-0.1, -0.05) is 13.0 Å². The Labute approximate surface area is 92.1 Å². The topological polar surface area (TPSA) is 49.3 Å². The van der Waals surface area contributed by atoms with E-state index in [1.165, 1.54) is 13.0 Å². The minimum atomic E-state index is -1.39. The molecule has 0 aliphatic rings. The molecule has 2 N–H and O–H groups in total. The Hall–Kier alpha value is -1.65. The minimum absolute atomic E-state index is 0.204. The van der Waals surface area contributed by atoms with E-state index in [9.17, 15) is 13.6 Å². The maximum absolute atomic E-state index is 13.3. The van der Waals surface area contributed by atoms with Crippen LogP contribution < -0.4 is 5.32 Å². The summed E-state index contributed by atoms with van der Waals surface area (Å²) in [5.74, 6) is -2.76. The highest BCUT2D eigenvalue weighted by Crippen LogP contribution is 2.24. The van der Waals surface area contributed by atoms with E-state index in [2.05, 4.69) is 5.32 Å². The molecule has 3 nitrogen and oxygen atoms in total. The Morgan fingerprint density at radius 1 is 1.44 bits per heavy atom. The number of carboxylic acids is 1. The van der Waals surface area contributed by atoms with Gasteiger partial charge in [0.25, 0.3) is 0 Å². The van der Waals surface area contributed by atoms with E-state index in [0.29, 0.717) is 0 Å². The first kappa shape index (κ1) is 12.4. The average Bonchev–Trinajstić information content (AvgIpc) is 2.23. The van der Waals surface area contributed by atoms with Gasteiger partial charge < -0.3 is 10.4 Å². The Morgan fingerprint density at radius 3 is 2.31 bits per heavy atom. The molecule has 1 atom stereocenters. The lowest BCUT2D eigenvalue weighted by Gasteiger charge is -2.26. The molecule has 0 spiro atoms. The molecule has 0 radical (unpaired) electrons. The van der Waals surface area contributed by atoms with Crippen LogP contribution in [0.2, 0.25) is 0 Å². The van der Waals surface area contributed by atoms with Gasteiger partial charge in [-0.05, 0) is 25.5 Å². The first-order valence-corrected chi connectivity index (χ1v) is 4.86. The van der Waals surface area contributed by atoms with Crippen LogP contribution in [-0.2, 0) is 4.79 Å². The third kappa shape index (κ3) is 2.29. The van der Waals surface area contributed by atoms with Gasteiger partial charge in [0.05, 0.1) is 0 Å². The summed E-state index contributed by atoms with van der Waals surface area (Å²) in [4.78, 5) is 11.0. The van der Waals surface area contributed by atoms with Crippen molar-refractivity contribution in [2.75, 3.05) is 5.32 Å². The first-order valence-electron chi connectivity index (χ1n) is 4.86. The third-order valence-corrected chi connectivity index (χ3v) is 2.54. The zero-order valence-electron chi connectivity index (χ0n) is 9.05. The second kappa shape index (κ2) is 4.47. The molecule has 1 unspecified atom stereocenters. The number of para-hydroxylation sites is 1. The minimum Gasteiger partial charge on any atom is -0.480 e. The Balaban J connectivity index is 3.08. The molecule has 1 aromatic rings. The molecule has 1 rings (SSSR count). The van der Waals surface area contributed by atoms with E-state index in [0.717, 1.165) is 12.1 Å². The summed E-state index contributed by atoms with van der Waals surface area (Å²) in [6, 6.07) is 3.37. The van der Waals surface area contributed by atoms with Crippen LogP contribution in [0.3, 0.4) is 0 Å². The fourth-order valence-corrected chi connectivity index (χ4v) is 1.19. The number of hydrogen-bond acceptors (Lipinski definition) is 2. The fourth-order valence-electron chi connectivity index (χ4n) is 1.19. The highest BCUT2D eigenvalue weighted by Gasteiger charge is 2.32. The SMILES string of the molecule is CCC(C)(Nc1c(F)cccc1F)C(=O)O. The van der Waals surface area contributed by atoms with Crippen LogP contribution in [0.4, 0.5) is 14.5 Å². The molecule has 0 aliphatic carbocycles. The van der Waals surface area contributed by atoms with E-state index in [1.54, 1.807) is 6.92 Å². The molecular weight excluding hydrogens is 216 g/mol. The molecule has 16 heavy (non-hydrogen) atoms. The lowest BCUT2D eigenvalue weighted by atomic mass is 9.98. The summed E-state index contributed by atoms with van der Waals surface area (Å²) in [6.45, 7) is 3.00. The molecule has 0 fully saturated rings. The molecule has 88 valence electrons. The molecule has 0 saturated carbocycles. The number of halogens is 2. The zero-order valence-corrected chi connectivity index (χ0v) is 9.05. The average molecular weight is 229 g/mol. The van der Waals surface area contributed by atoms with Crippen molar-refractivity contribution in [2.45, 2.75) is 25.8 Å². The monoisotopic (exact) mass is 229 g/mol. The summed E-state index contributed by atoms with van der Waals surface area (Å²) < 4.78 is 26.6. The van der Waals surface area contributed by atoms with Crippen molar-refractivity contribution in [3.8, 4) is 0 Å². The van der Waals surface area contributed by atoms with Gasteiger partial charge in [0.15, 0.2) is 0 Å². The van der Waals surface area contributed by atoms with E-state index >= 15 is 0 Å². The van der Waals surface area contributed by atoms with Gasteiger partial charge in [-0.15, -0.1) is 0 Å². The van der Waals surface area contributed by atoms with Gasteiger partial charge in [-0.3, -0.25) is 0 Å². The van der Waals surface area contributed by atoms with Gasteiger partial charge in [-0.2, -0.15) is 0 Å². The van der Waals surface area contributed by atoms with Crippen molar-refractivity contribution >= 4 is 11.7 Å². The second-order valence-electron chi connectivity index (χ2n) is 3.71. The molecule has 0 aromatic heterocycles. The Bertz CT molecular complexity index is 389. The van der Waals surface area contributed by atoms with E-state index in [-0.39, 0.29) is 6.42 Å². The van der Waals surface area contributed by atoms with E-state index in [4.69, 9.17) is 5.11 Å². The zero-order chi connectivity index (χ0) is 12.3. The third-order valence-electron chi connectivity index (χ3n) is 2.54. The summed E-state index contributed by atoms with van der Waals surface area (Å²) >= 11 is 0. The smallest absolute Gasteiger partial charge is 0.329 e. The number of nitrogens with one attached hydrogen (secondary N) is 1. The van der Waals surface area contributed by atoms with Crippen LogP contribution in [0.25, 0.3) is 0 Å². The highest BCUT2D eigenvalue weighted by molar-refractivity contribution is 5.82. The highest BCUT2D eigenvalue weighted by atomic mass is 19.1. The number of carbonyl (C=O) groups is 1. The number of carboxylic acid groups (broad SMARTS) is 1. The van der Waals surface area contributed by atoms with Crippen molar-refractivity contribution in [2.24, 2.45) is 0 Å². The number of rotatable bonds is 4. The van der Waals surface area contributed by atoms with Crippen LogP contribution in [0.5, 0.6) is 0 Å². The van der Waals surface area contributed by atoms with Gasteiger partial charge >= 0.3 is 5.97 Å². The number of hydrogen-bond donors (Lipinski definition) is 2. The van der Waals surface area contributed by atoms with Crippen LogP contribution in [0.15, 0.2) is 18.2 Å². The van der Waals surface area contributed by atoms with Crippen LogP contribution in [0, 0.1) is 11.6 Å². The quantitative estimate of drug-likeness (QED) is 0.834. The largest absolute Gasteiger partial charge is 0.480 e. The van der Waals surface area contributed by atoms with Gasteiger partial charge in [0, 0.05) is 0 Å². The molecule has 0 amide bonds. The molecule has 0 saturated heterocycles. The molecule has 0 aliphatic heterocycles. The number of anilines is 1. The van der Waals surface area contributed by atoms with Crippen molar-refractivity contribution in [3.05, 3.63) is 29.8 Å². The predicted molar refractivity (Wildman–Crippen MR) is 56.3 cm³/mol. The lowest BCUT2D eigenvalue weighted by Crippen LogP contribution is -2.43. The molecule has 1 aromatic carbocycles. The van der Waals surface area contributed by atoms with Crippen molar-refractivity contribution in [1.29, 1.82) is 0 Å². The van der Waals surface area contributed by atoms with Gasteiger partial charge in [0.2, 0.25) is 0 Å². The second-order valence-corrected chi connectivity index (χ2v) is 3.71. The Morgan fingerprint density at radius 2 is 1.94 bits per heavy atom. The molecule has 0 heterocycles. The maximum atomic E-state index is 13.3. The normalized spacial score (nSPS) is 14.2. The first-order chi connectivity index (χ1) is 7.40. The molecule has 0 bridgehead atoms. The van der Waals surface area contributed by atoms with Crippen molar-refractivity contribution in [1.82, 2.24) is 0 Å². The van der Waals surface area contributed by atoms with Crippen molar-refractivity contribution in [3.63, 3.8) is 0 Å². The molecule has 5 heteroatoms. The standard InChI is InChI=1S/C11H13F2NO2/c1-3-11(2,10(15)16)14-9-7(12)5-4-6-8(9)13/h4-6,14H,3H2,1-2H3,(H,15,16). The summed E-state index contributed by atoms with van der Waals surface area (Å²) in [5, 5.41) is 11.4. The molecular formula is C11H13F2NO2. The van der Waals surface area contributed by atoms with E-state index < -0.39 is 28.8 Å². The van der Waals surface area contributed by atoms with Crippen molar-refractivity contribution < 1.29 is 18.7 Å². The summed E-state index contributed by atoms with van der Waals surface area (Å²) in [7, 11) is 0. The Kier molecular flexibility index (Phi) is 3.47. The van der Waals surface area contributed by atoms with Crippen LogP contribution in [0.1, 0.15) is 20.3 Å². The summed E-state index contributed by atoms with van der Waals surface area (Å²) in [6.07, 6.45) is 0.204. The lowest BCUT2D eigenvalue weighted by molar-refractivity contribution is -0.141. The van der Waals surface area contributed by atoms with E-state index in [1.807, 2.05) is 0 Å². The van der Waals surface area contributed by atoms with Crippen LogP contribution in [-0.4, -0.2) is 16.6 Å². The van der Waals surface area contributed by atoms with Crippen LogP contribution >= 0.6 is 0 Å². The van der Waals surface area contributed by atoms with Gasteiger partial charge in [0.1, 0.15) is 22.9 Å². The summed E-state index contributed by atoms with van der Waals surface area (Å²) in [5.41, 5.74) is -1.79. The maximum Gasteiger partial charge on any atom is 0.329 e. The fraction of sp³-hybridized carbons (Fsp3) is 0.364. The number of aliphatic carboxylic acids is 1. The predicted octanol–water partition coefficient (Wildman–Crippen LogP) is 2.63. The van der Waals surface area contributed by atoms with Gasteiger partial charge in [-0.25, -0.2) is 13.6 Å². The number of benzene rings is 1.